The molecule has 94 valence electrons. The molecule has 1 aromatic heterocycles. The van der Waals surface area contributed by atoms with Crippen LogP contribution >= 0.6 is 0 Å². The summed E-state index contributed by atoms with van der Waals surface area (Å²) in [6.45, 7) is 0. The Morgan fingerprint density at radius 2 is 1.63 bits per heavy atom. The second-order valence-electron chi connectivity index (χ2n) is 4.14. The van der Waals surface area contributed by atoms with Gasteiger partial charge in [-0.1, -0.05) is 18.2 Å². The fraction of sp³-hybridized carbons (Fsp3) is 0. The van der Waals surface area contributed by atoms with Crippen LogP contribution in [0.3, 0.4) is 0 Å². The van der Waals surface area contributed by atoms with Crippen LogP contribution in [0, 0.1) is 5.82 Å². The van der Waals surface area contributed by atoms with Crippen LogP contribution in [0.5, 0.6) is 5.88 Å². The SMILES string of the molecule is Oc1cc(-c2ccc(F)cc2)n(-c2ccccc2)n1. The summed E-state index contributed by atoms with van der Waals surface area (Å²) < 4.78 is 14.6. The first kappa shape index (κ1) is 11.5. The summed E-state index contributed by atoms with van der Waals surface area (Å²) in [6.07, 6.45) is 0. The van der Waals surface area contributed by atoms with Gasteiger partial charge in [-0.3, -0.25) is 0 Å². The van der Waals surface area contributed by atoms with E-state index in [-0.39, 0.29) is 11.7 Å². The first-order valence-electron chi connectivity index (χ1n) is 5.84. The molecule has 3 nitrogen and oxygen atoms in total. The smallest absolute Gasteiger partial charge is 0.231 e. The van der Waals surface area contributed by atoms with E-state index in [0.717, 1.165) is 11.3 Å². The van der Waals surface area contributed by atoms with E-state index in [0.29, 0.717) is 5.69 Å². The van der Waals surface area contributed by atoms with Crippen molar-refractivity contribution in [3.63, 3.8) is 0 Å². The molecule has 0 radical (unpaired) electrons. The number of halogens is 1. The number of benzene rings is 2. The van der Waals surface area contributed by atoms with E-state index in [2.05, 4.69) is 5.10 Å². The van der Waals surface area contributed by atoms with Crippen LogP contribution in [0.4, 0.5) is 4.39 Å². The molecule has 0 aliphatic carbocycles. The van der Waals surface area contributed by atoms with Crippen LogP contribution < -0.4 is 0 Å². The van der Waals surface area contributed by atoms with Gasteiger partial charge in [0.2, 0.25) is 5.88 Å². The van der Waals surface area contributed by atoms with Crippen molar-refractivity contribution in [1.29, 1.82) is 0 Å². The third kappa shape index (κ3) is 2.20. The molecule has 0 aliphatic heterocycles. The number of aromatic hydroxyl groups is 1. The Bertz CT molecular complexity index is 690. The Balaban J connectivity index is 2.15. The fourth-order valence-corrected chi connectivity index (χ4v) is 1.96. The zero-order valence-corrected chi connectivity index (χ0v) is 9.99. The highest BCUT2D eigenvalue weighted by molar-refractivity contribution is 5.63. The first-order valence-corrected chi connectivity index (χ1v) is 5.84. The molecule has 4 heteroatoms. The number of rotatable bonds is 2. The molecular formula is C15H11FN2O. The topological polar surface area (TPSA) is 38.0 Å². The molecule has 0 fully saturated rings. The Morgan fingerprint density at radius 1 is 0.947 bits per heavy atom. The molecule has 0 aliphatic rings. The standard InChI is InChI=1S/C15H11FN2O/c16-12-8-6-11(7-9-12)14-10-15(19)17-18(14)13-4-2-1-3-5-13/h1-10H,(H,17,19). The summed E-state index contributed by atoms with van der Waals surface area (Å²) in [5, 5.41) is 13.7. The van der Waals surface area contributed by atoms with Crippen LogP contribution in [-0.4, -0.2) is 14.9 Å². The van der Waals surface area contributed by atoms with Gasteiger partial charge in [-0.25, -0.2) is 9.07 Å². The molecule has 0 unspecified atom stereocenters. The molecule has 1 N–H and O–H groups in total. The van der Waals surface area contributed by atoms with Gasteiger partial charge in [0.15, 0.2) is 0 Å². The number of hydrogen-bond donors (Lipinski definition) is 1. The second kappa shape index (κ2) is 4.57. The van der Waals surface area contributed by atoms with E-state index >= 15 is 0 Å². The van der Waals surface area contributed by atoms with Crippen LogP contribution in [0.15, 0.2) is 60.7 Å². The highest BCUT2D eigenvalue weighted by Crippen LogP contribution is 2.26. The molecule has 0 bridgehead atoms. The summed E-state index contributed by atoms with van der Waals surface area (Å²) in [7, 11) is 0. The summed E-state index contributed by atoms with van der Waals surface area (Å²) in [4.78, 5) is 0. The Morgan fingerprint density at radius 3 is 2.32 bits per heavy atom. The number of hydrogen-bond acceptors (Lipinski definition) is 2. The molecular weight excluding hydrogens is 243 g/mol. The van der Waals surface area contributed by atoms with Crippen molar-refractivity contribution >= 4 is 0 Å². The zero-order valence-electron chi connectivity index (χ0n) is 9.99. The lowest BCUT2D eigenvalue weighted by atomic mass is 10.1. The van der Waals surface area contributed by atoms with Gasteiger partial charge in [0, 0.05) is 11.6 Å². The number of aromatic nitrogens is 2. The van der Waals surface area contributed by atoms with Gasteiger partial charge in [-0.2, -0.15) is 0 Å². The summed E-state index contributed by atoms with van der Waals surface area (Å²) in [6, 6.07) is 17.1. The maximum atomic E-state index is 13.0. The molecule has 3 aromatic rings. The van der Waals surface area contributed by atoms with Crippen LogP contribution in [0.1, 0.15) is 0 Å². The van der Waals surface area contributed by atoms with Gasteiger partial charge in [0.05, 0.1) is 11.4 Å². The Kier molecular flexibility index (Phi) is 2.76. The van der Waals surface area contributed by atoms with Gasteiger partial charge in [0.25, 0.3) is 0 Å². The van der Waals surface area contributed by atoms with Crippen molar-refractivity contribution in [1.82, 2.24) is 9.78 Å². The van der Waals surface area contributed by atoms with Gasteiger partial charge in [0.1, 0.15) is 5.82 Å². The van der Waals surface area contributed by atoms with Crippen molar-refractivity contribution in [2.24, 2.45) is 0 Å². The summed E-state index contributed by atoms with van der Waals surface area (Å²) in [5.74, 6) is -0.359. The minimum atomic E-state index is -0.293. The maximum Gasteiger partial charge on any atom is 0.231 e. The summed E-state index contributed by atoms with van der Waals surface area (Å²) >= 11 is 0. The monoisotopic (exact) mass is 254 g/mol. The highest BCUT2D eigenvalue weighted by Gasteiger charge is 2.10. The largest absolute Gasteiger partial charge is 0.492 e. The molecule has 19 heavy (non-hydrogen) atoms. The predicted molar refractivity (Wildman–Crippen MR) is 70.6 cm³/mol. The minimum absolute atomic E-state index is 0.0665. The molecule has 0 amide bonds. The maximum absolute atomic E-state index is 13.0. The van der Waals surface area contributed by atoms with Crippen LogP contribution in [0.2, 0.25) is 0 Å². The van der Waals surface area contributed by atoms with Crippen LogP contribution in [-0.2, 0) is 0 Å². The fourth-order valence-electron chi connectivity index (χ4n) is 1.96. The molecule has 2 aromatic carbocycles. The van der Waals surface area contributed by atoms with E-state index < -0.39 is 0 Å². The van der Waals surface area contributed by atoms with E-state index in [9.17, 15) is 9.50 Å². The van der Waals surface area contributed by atoms with E-state index in [1.807, 2.05) is 30.3 Å². The normalized spacial score (nSPS) is 10.6. The molecule has 0 saturated carbocycles. The lowest BCUT2D eigenvalue weighted by Gasteiger charge is -2.06. The van der Waals surface area contributed by atoms with Crippen molar-refractivity contribution in [2.75, 3.05) is 0 Å². The predicted octanol–water partition coefficient (Wildman–Crippen LogP) is 3.38. The second-order valence-corrected chi connectivity index (χ2v) is 4.14. The lowest BCUT2D eigenvalue weighted by Crippen LogP contribution is -1.98. The highest BCUT2D eigenvalue weighted by atomic mass is 19.1. The van der Waals surface area contributed by atoms with Gasteiger partial charge in [-0.15, -0.1) is 5.10 Å². The van der Waals surface area contributed by atoms with Crippen molar-refractivity contribution in [2.45, 2.75) is 0 Å². The molecule has 3 rings (SSSR count). The molecule has 0 atom stereocenters. The van der Waals surface area contributed by atoms with E-state index in [1.54, 1.807) is 22.9 Å². The quantitative estimate of drug-likeness (QED) is 0.761. The number of nitrogens with zero attached hydrogens (tertiary/aromatic N) is 2. The Labute approximate surface area is 109 Å². The van der Waals surface area contributed by atoms with Gasteiger partial charge in [-0.05, 0) is 36.4 Å². The van der Waals surface area contributed by atoms with Crippen LogP contribution in [0.25, 0.3) is 16.9 Å². The Hall–Kier alpha value is -2.62. The van der Waals surface area contributed by atoms with E-state index in [4.69, 9.17) is 0 Å². The minimum Gasteiger partial charge on any atom is -0.492 e. The number of para-hydroxylation sites is 1. The average Bonchev–Trinajstić information content (AvgIpc) is 2.83. The van der Waals surface area contributed by atoms with Gasteiger partial charge >= 0.3 is 0 Å². The third-order valence-corrected chi connectivity index (χ3v) is 2.84. The van der Waals surface area contributed by atoms with Crippen molar-refractivity contribution < 1.29 is 9.50 Å². The lowest BCUT2D eigenvalue weighted by molar-refractivity contribution is 0.448. The van der Waals surface area contributed by atoms with Crippen molar-refractivity contribution in [3.05, 3.63) is 66.5 Å². The van der Waals surface area contributed by atoms with Crippen molar-refractivity contribution in [3.8, 4) is 22.8 Å². The molecule has 0 spiro atoms. The van der Waals surface area contributed by atoms with E-state index in [1.165, 1.54) is 12.1 Å². The first-order chi connectivity index (χ1) is 9.24. The average molecular weight is 254 g/mol. The summed E-state index contributed by atoms with van der Waals surface area (Å²) in [5.41, 5.74) is 2.34. The molecule has 1 heterocycles. The molecule has 0 saturated heterocycles. The zero-order chi connectivity index (χ0) is 13.2. The van der Waals surface area contributed by atoms with Gasteiger partial charge < -0.3 is 5.11 Å². The third-order valence-electron chi connectivity index (χ3n) is 2.84.